The summed E-state index contributed by atoms with van der Waals surface area (Å²) in [6, 6.07) is 16.7. The molecular weight excluding hydrogens is 637 g/mol. The van der Waals surface area contributed by atoms with Gasteiger partial charge in [0.2, 0.25) is 5.91 Å². The van der Waals surface area contributed by atoms with Crippen LogP contribution in [0.4, 0.5) is 5.69 Å². The number of sulfonamides is 1. The minimum absolute atomic E-state index is 0.0489. The van der Waals surface area contributed by atoms with Crippen LogP contribution in [0.2, 0.25) is 10.0 Å². The zero-order valence-electron chi connectivity index (χ0n) is 25.0. The lowest BCUT2D eigenvalue weighted by molar-refractivity contribution is -0.131. The van der Waals surface area contributed by atoms with E-state index >= 15 is 0 Å². The number of hydrogen-bond donors (Lipinski definition) is 2. The number of piperidine rings is 1. The SMILES string of the molecule is CN1CCCC(CN2CCN(C(=O)CNC(=O)c3ccc(S(=O)(=O)Nc4ccccc4Oc4ccc(Cl)cc4Cl)cc3)CC2)C1. The Bertz CT molecular complexity index is 1610. The number of likely N-dealkylation sites (tertiary alicyclic amines) is 1. The van der Waals surface area contributed by atoms with Gasteiger partial charge in [-0.15, -0.1) is 0 Å². The van der Waals surface area contributed by atoms with Crippen molar-refractivity contribution in [3.8, 4) is 11.5 Å². The van der Waals surface area contributed by atoms with Crippen molar-refractivity contribution < 1.29 is 22.7 Å². The lowest BCUT2D eigenvalue weighted by Gasteiger charge is -2.38. The fourth-order valence-corrected chi connectivity index (χ4v) is 7.16. The normalized spacial score (nSPS) is 17.9. The monoisotopic (exact) mass is 673 g/mol. The van der Waals surface area contributed by atoms with Crippen LogP contribution in [-0.2, 0) is 14.8 Å². The van der Waals surface area contributed by atoms with Crippen molar-refractivity contribution in [2.45, 2.75) is 17.7 Å². The molecule has 2 amide bonds. The molecule has 0 aromatic heterocycles. The number of carbonyl (C=O) groups excluding carboxylic acids is 2. The summed E-state index contributed by atoms with van der Waals surface area (Å²) in [7, 11) is -1.86. The molecule has 45 heavy (non-hydrogen) atoms. The van der Waals surface area contributed by atoms with Gasteiger partial charge in [0.25, 0.3) is 15.9 Å². The first-order valence-corrected chi connectivity index (χ1v) is 17.1. The summed E-state index contributed by atoms with van der Waals surface area (Å²) in [6.07, 6.45) is 2.49. The van der Waals surface area contributed by atoms with Crippen molar-refractivity contribution >= 4 is 50.7 Å². The summed E-state index contributed by atoms with van der Waals surface area (Å²) in [5.41, 5.74) is 0.441. The lowest BCUT2D eigenvalue weighted by atomic mass is 9.97. The summed E-state index contributed by atoms with van der Waals surface area (Å²) < 4.78 is 34.7. The van der Waals surface area contributed by atoms with Crippen LogP contribution in [0.25, 0.3) is 0 Å². The fourth-order valence-electron chi connectivity index (χ4n) is 5.64. The summed E-state index contributed by atoms with van der Waals surface area (Å²) in [4.78, 5) is 32.1. The van der Waals surface area contributed by atoms with Crippen molar-refractivity contribution in [1.82, 2.24) is 20.0 Å². The van der Waals surface area contributed by atoms with E-state index in [2.05, 4.69) is 26.9 Å². The number of para-hydroxylation sites is 2. The third-order valence-corrected chi connectivity index (χ3v) is 9.95. The summed E-state index contributed by atoms with van der Waals surface area (Å²) in [6.45, 7) is 6.16. The van der Waals surface area contributed by atoms with Gasteiger partial charge < -0.3 is 19.9 Å². The molecule has 0 saturated carbocycles. The van der Waals surface area contributed by atoms with Crippen LogP contribution in [0.15, 0.2) is 71.6 Å². The molecule has 0 aliphatic carbocycles. The molecule has 0 spiro atoms. The van der Waals surface area contributed by atoms with Crippen LogP contribution in [0.5, 0.6) is 11.5 Å². The molecule has 2 aliphatic heterocycles. The Morgan fingerprint density at radius 1 is 0.933 bits per heavy atom. The van der Waals surface area contributed by atoms with Crippen molar-refractivity contribution in [3.63, 3.8) is 0 Å². The predicted octanol–water partition coefficient (Wildman–Crippen LogP) is 4.80. The summed E-state index contributed by atoms with van der Waals surface area (Å²) >= 11 is 12.2. The molecule has 13 heteroatoms. The van der Waals surface area contributed by atoms with Gasteiger partial charge in [-0.2, -0.15) is 0 Å². The number of ether oxygens (including phenoxy) is 1. The maximum absolute atomic E-state index is 13.2. The summed E-state index contributed by atoms with van der Waals surface area (Å²) in [5.74, 6) is 0.631. The second-order valence-electron chi connectivity index (χ2n) is 11.4. The average molecular weight is 675 g/mol. The first kappa shape index (κ1) is 33.0. The van der Waals surface area contributed by atoms with Gasteiger partial charge in [0.05, 0.1) is 22.2 Å². The number of nitrogens with zero attached hydrogens (tertiary/aromatic N) is 3. The molecule has 5 rings (SSSR count). The van der Waals surface area contributed by atoms with Gasteiger partial charge in [-0.05, 0) is 86.9 Å². The zero-order chi connectivity index (χ0) is 32.0. The molecule has 240 valence electrons. The van der Waals surface area contributed by atoms with Crippen molar-refractivity contribution in [1.29, 1.82) is 0 Å². The molecule has 2 aliphatic rings. The smallest absolute Gasteiger partial charge is 0.262 e. The van der Waals surface area contributed by atoms with Crippen LogP contribution in [-0.4, -0.2) is 94.3 Å². The Kier molecular flexibility index (Phi) is 10.9. The number of benzene rings is 3. The van der Waals surface area contributed by atoms with E-state index in [1.165, 1.54) is 49.7 Å². The molecule has 1 atom stereocenters. The van der Waals surface area contributed by atoms with Gasteiger partial charge in [-0.25, -0.2) is 8.42 Å². The highest BCUT2D eigenvalue weighted by molar-refractivity contribution is 7.92. The van der Waals surface area contributed by atoms with E-state index in [0.717, 1.165) is 26.2 Å². The third kappa shape index (κ3) is 8.89. The Morgan fingerprint density at radius 3 is 2.38 bits per heavy atom. The van der Waals surface area contributed by atoms with E-state index in [9.17, 15) is 18.0 Å². The van der Waals surface area contributed by atoms with Crippen LogP contribution in [0.1, 0.15) is 23.2 Å². The molecule has 3 aromatic carbocycles. The van der Waals surface area contributed by atoms with Crippen molar-refractivity contribution in [3.05, 3.63) is 82.3 Å². The molecule has 3 aromatic rings. The van der Waals surface area contributed by atoms with E-state index in [4.69, 9.17) is 27.9 Å². The first-order chi connectivity index (χ1) is 21.6. The molecule has 2 saturated heterocycles. The maximum atomic E-state index is 13.2. The zero-order valence-corrected chi connectivity index (χ0v) is 27.4. The minimum Gasteiger partial charge on any atom is -0.454 e. The van der Waals surface area contributed by atoms with Gasteiger partial charge in [0.15, 0.2) is 5.75 Å². The molecule has 2 heterocycles. The highest BCUT2D eigenvalue weighted by atomic mass is 35.5. The fraction of sp³-hybridized carbons (Fsp3) is 0.375. The Hall–Kier alpha value is -3.35. The second-order valence-corrected chi connectivity index (χ2v) is 14.0. The van der Waals surface area contributed by atoms with Gasteiger partial charge in [0, 0.05) is 49.9 Å². The Balaban J connectivity index is 1.12. The number of piperazine rings is 1. The van der Waals surface area contributed by atoms with Crippen molar-refractivity contribution in [2.75, 3.05) is 64.1 Å². The van der Waals surface area contributed by atoms with Crippen LogP contribution >= 0.6 is 23.2 Å². The number of hydrogen-bond acceptors (Lipinski definition) is 7. The molecule has 1 unspecified atom stereocenters. The number of amides is 2. The molecule has 2 fully saturated rings. The molecule has 2 N–H and O–H groups in total. The maximum Gasteiger partial charge on any atom is 0.262 e. The van der Waals surface area contributed by atoms with Crippen LogP contribution < -0.4 is 14.8 Å². The Morgan fingerprint density at radius 2 is 1.67 bits per heavy atom. The van der Waals surface area contributed by atoms with E-state index in [1.807, 2.05) is 0 Å². The standard InChI is InChI=1S/C32H37Cl2N5O5S/c1-37-14-4-5-23(21-37)22-38-15-17-39(18-16-38)31(40)20-35-32(41)24-8-11-26(12-9-24)45(42,43)36-28-6-2-3-7-30(28)44-29-13-10-25(33)19-27(29)34/h2-3,6-13,19,23,36H,4-5,14-18,20-22H2,1H3,(H,35,41). The topological polar surface area (TPSA) is 111 Å². The number of halogens is 2. The minimum atomic E-state index is -4.03. The first-order valence-electron chi connectivity index (χ1n) is 14.9. The van der Waals surface area contributed by atoms with Gasteiger partial charge in [-0.3, -0.25) is 19.2 Å². The lowest BCUT2D eigenvalue weighted by Crippen LogP contribution is -2.52. The number of nitrogens with one attached hydrogen (secondary N) is 2. The molecular formula is C32H37Cl2N5O5S. The van der Waals surface area contributed by atoms with E-state index in [0.29, 0.717) is 29.8 Å². The second kappa shape index (κ2) is 14.8. The van der Waals surface area contributed by atoms with Gasteiger partial charge in [0.1, 0.15) is 5.75 Å². The van der Waals surface area contributed by atoms with Gasteiger partial charge in [-0.1, -0.05) is 35.3 Å². The van der Waals surface area contributed by atoms with E-state index < -0.39 is 15.9 Å². The number of anilines is 1. The van der Waals surface area contributed by atoms with Crippen LogP contribution in [0, 0.1) is 5.92 Å². The number of rotatable bonds is 10. The third-order valence-electron chi connectivity index (χ3n) is 8.04. The molecule has 10 nitrogen and oxygen atoms in total. The molecule has 0 bridgehead atoms. The van der Waals surface area contributed by atoms with E-state index in [1.54, 1.807) is 41.3 Å². The summed E-state index contributed by atoms with van der Waals surface area (Å²) in [5, 5.41) is 3.38. The van der Waals surface area contributed by atoms with Crippen molar-refractivity contribution in [2.24, 2.45) is 5.92 Å². The number of carbonyl (C=O) groups is 2. The van der Waals surface area contributed by atoms with Gasteiger partial charge >= 0.3 is 0 Å². The predicted molar refractivity (Wildman–Crippen MR) is 176 cm³/mol. The highest BCUT2D eigenvalue weighted by Gasteiger charge is 2.25. The largest absolute Gasteiger partial charge is 0.454 e. The Labute approximate surface area is 274 Å². The van der Waals surface area contributed by atoms with Crippen LogP contribution in [0.3, 0.4) is 0 Å². The quantitative estimate of drug-likeness (QED) is 0.318. The highest BCUT2D eigenvalue weighted by Crippen LogP contribution is 2.35. The average Bonchev–Trinajstić information content (AvgIpc) is 3.02. The van der Waals surface area contributed by atoms with E-state index in [-0.39, 0.29) is 39.4 Å². The molecule has 0 radical (unpaired) electrons.